The smallest absolute Gasteiger partial charge is 0.202 e. The van der Waals surface area contributed by atoms with E-state index in [2.05, 4.69) is 48.5 Å². The summed E-state index contributed by atoms with van der Waals surface area (Å²) in [6.07, 6.45) is 0.963. The maximum atomic E-state index is 10.9. The fraction of sp³-hybridized carbons (Fsp3) is 0.500. The van der Waals surface area contributed by atoms with Crippen molar-refractivity contribution in [3.05, 3.63) is 41.0 Å². The lowest BCUT2D eigenvalue weighted by Crippen LogP contribution is -2.20. The number of benzene rings is 1. The molecule has 0 bridgehead atoms. The van der Waals surface area contributed by atoms with Crippen LogP contribution in [0.15, 0.2) is 24.3 Å². The molecule has 2 aromatic rings. The lowest BCUT2D eigenvalue weighted by Gasteiger charge is -2.26. The number of hydrogen-bond donors (Lipinski definition) is 2. The van der Waals surface area contributed by atoms with Gasteiger partial charge in [0.25, 0.3) is 0 Å². The molecule has 1 aromatic heterocycles. The van der Waals surface area contributed by atoms with Crippen molar-refractivity contribution in [1.29, 1.82) is 0 Å². The maximum Gasteiger partial charge on any atom is 0.202 e. The van der Waals surface area contributed by atoms with E-state index in [-0.39, 0.29) is 22.6 Å². The molecule has 0 saturated heterocycles. The van der Waals surface area contributed by atoms with Gasteiger partial charge < -0.3 is 10.2 Å². The fourth-order valence-corrected chi connectivity index (χ4v) is 3.09. The van der Waals surface area contributed by atoms with Gasteiger partial charge in [-0.1, -0.05) is 60.6 Å². The average Bonchev–Trinajstić information content (AvgIpc) is 2.70. The second kappa shape index (κ2) is 5.63. The topological polar surface area (TPSA) is 45.4 Å². The first-order valence-corrected chi connectivity index (χ1v) is 8.25. The van der Waals surface area contributed by atoms with E-state index in [0.29, 0.717) is 0 Å². The van der Waals surface area contributed by atoms with Crippen LogP contribution in [0.25, 0.3) is 5.69 Å². The van der Waals surface area contributed by atoms with Crippen molar-refractivity contribution < 1.29 is 10.2 Å². The van der Waals surface area contributed by atoms with Crippen LogP contribution in [-0.2, 0) is 17.3 Å². The van der Waals surface area contributed by atoms with E-state index >= 15 is 0 Å². The van der Waals surface area contributed by atoms with Crippen LogP contribution in [-0.4, -0.2) is 14.8 Å². The molecule has 126 valence electrons. The Balaban J connectivity index is 2.77. The third-order valence-electron chi connectivity index (χ3n) is 4.22. The molecule has 0 aliphatic heterocycles. The molecule has 2 rings (SSSR count). The zero-order chi connectivity index (χ0) is 17.6. The van der Waals surface area contributed by atoms with Gasteiger partial charge in [-0.2, -0.15) is 0 Å². The highest BCUT2D eigenvalue weighted by Crippen LogP contribution is 2.47. The van der Waals surface area contributed by atoms with Crippen molar-refractivity contribution in [2.45, 2.75) is 65.7 Å². The minimum absolute atomic E-state index is 0.129. The molecule has 0 aliphatic carbocycles. The molecular formula is C20H29NO2. The van der Waals surface area contributed by atoms with Gasteiger partial charge in [-0.25, -0.2) is 0 Å². The number of rotatable bonds is 2. The van der Waals surface area contributed by atoms with Crippen LogP contribution in [0.3, 0.4) is 0 Å². The molecule has 0 spiro atoms. The van der Waals surface area contributed by atoms with Gasteiger partial charge in [-0.15, -0.1) is 0 Å². The van der Waals surface area contributed by atoms with E-state index < -0.39 is 0 Å². The van der Waals surface area contributed by atoms with Gasteiger partial charge in [0.1, 0.15) is 0 Å². The first-order valence-electron chi connectivity index (χ1n) is 8.25. The molecule has 0 unspecified atom stereocenters. The Labute approximate surface area is 139 Å². The van der Waals surface area contributed by atoms with Gasteiger partial charge in [0.15, 0.2) is 0 Å². The van der Waals surface area contributed by atoms with Gasteiger partial charge in [0.05, 0.1) is 5.69 Å². The molecule has 0 amide bonds. The zero-order valence-corrected chi connectivity index (χ0v) is 15.4. The summed E-state index contributed by atoms with van der Waals surface area (Å²) in [5, 5.41) is 21.7. The molecule has 2 N–H and O–H groups in total. The molecule has 3 heteroatoms. The lowest BCUT2D eigenvalue weighted by atomic mass is 9.77. The Bertz CT molecular complexity index is 658. The van der Waals surface area contributed by atoms with Crippen LogP contribution < -0.4 is 0 Å². The number of nitrogens with zero attached hydrogens (tertiary/aromatic N) is 1. The summed E-state index contributed by atoms with van der Waals surface area (Å²) in [4.78, 5) is 0. The quantitative estimate of drug-likeness (QED) is 0.815. The first-order chi connectivity index (χ1) is 10.5. The Morgan fingerprint density at radius 3 is 1.48 bits per heavy atom. The third kappa shape index (κ3) is 3.10. The van der Waals surface area contributed by atoms with Crippen LogP contribution in [0.4, 0.5) is 0 Å². The van der Waals surface area contributed by atoms with Crippen molar-refractivity contribution >= 4 is 0 Å². The summed E-state index contributed by atoms with van der Waals surface area (Å²) in [7, 11) is 0. The van der Waals surface area contributed by atoms with Gasteiger partial charge >= 0.3 is 0 Å². The Kier molecular flexibility index (Phi) is 4.27. The predicted octanol–water partition coefficient (Wildman–Crippen LogP) is 5.05. The Morgan fingerprint density at radius 1 is 0.783 bits per heavy atom. The SMILES string of the molecule is CCc1ccc(-n2c(O)c(C(C)(C)C)c(C(C)(C)C)c2O)cc1. The summed E-state index contributed by atoms with van der Waals surface area (Å²) in [5.41, 5.74) is 3.09. The minimum Gasteiger partial charge on any atom is -0.494 e. The Hall–Kier alpha value is -1.90. The molecule has 0 aliphatic rings. The van der Waals surface area contributed by atoms with E-state index in [4.69, 9.17) is 0 Å². The largest absolute Gasteiger partial charge is 0.494 e. The van der Waals surface area contributed by atoms with Gasteiger partial charge in [0, 0.05) is 11.1 Å². The molecule has 1 aromatic carbocycles. The molecule has 23 heavy (non-hydrogen) atoms. The predicted molar refractivity (Wildman–Crippen MR) is 95.9 cm³/mol. The second-order valence-corrected chi connectivity index (χ2v) is 8.25. The molecule has 0 saturated carbocycles. The number of aromatic nitrogens is 1. The van der Waals surface area contributed by atoms with E-state index in [1.165, 1.54) is 5.56 Å². The van der Waals surface area contributed by atoms with Crippen LogP contribution in [0, 0.1) is 0 Å². The zero-order valence-electron chi connectivity index (χ0n) is 15.4. The Morgan fingerprint density at radius 2 is 1.17 bits per heavy atom. The third-order valence-corrected chi connectivity index (χ3v) is 4.22. The van der Waals surface area contributed by atoms with Crippen molar-refractivity contribution in [3.63, 3.8) is 0 Å². The molecule has 0 atom stereocenters. The highest BCUT2D eigenvalue weighted by molar-refractivity contribution is 5.57. The van der Waals surface area contributed by atoms with Crippen molar-refractivity contribution in [3.8, 4) is 17.4 Å². The molecular weight excluding hydrogens is 286 g/mol. The first kappa shape index (κ1) is 17.5. The van der Waals surface area contributed by atoms with Gasteiger partial charge in [0.2, 0.25) is 11.8 Å². The maximum absolute atomic E-state index is 10.9. The van der Waals surface area contributed by atoms with Crippen LogP contribution in [0.5, 0.6) is 11.8 Å². The normalized spacial score (nSPS) is 12.7. The molecule has 0 fully saturated rings. The summed E-state index contributed by atoms with van der Waals surface area (Å²) in [5.74, 6) is 0.258. The lowest BCUT2D eigenvalue weighted by molar-refractivity contribution is 0.392. The minimum atomic E-state index is -0.265. The summed E-state index contributed by atoms with van der Waals surface area (Å²) in [6, 6.07) is 7.94. The molecule has 0 radical (unpaired) electrons. The van der Waals surface area contributed by atoms with Crippen LogP contribution in [0.1, 0.15) is 65.2 Å². The van der Waals surface area contributed by atoms with E-state index in [1.807, 2.05) is 24.3 Å². The molecule has 1 heterocycles. The van der Waals surface area contributed by atoms with E-state index in [0.717, 1.165) is 23.2 Å². The number of aromatic hydroxyl groups is 2. The van der Waals surface area contributed by atoms with Gasteiger partial charge in [-0.05, 0) is 34.9 Å². The highest BCUT2D eigenvalue weighted by atomic mass is 16.3. The summed E-state index contributed by atoms with van der Waals surface area (Å²) < 4.78 is 1.56. The van der Waals surface area contributed by atoms with Gasteiger partial charge in [-0.3, -0.25) is 4.57 Å². The standard InChI is InChI=1S/C20H29NO2/c1-8-13-9-11-14(12-10-13)21-17(22)15(19(2,3)4)16(18(21)23)20(5,6)7/h9-12,22-23H,8H2,1-7H3. The van der Waals surface area contributed by atoms with E-state index in [9.17, 15) is 10.2 Å². The summed E-state index contributed by atoms with van der Waals surface area (Å²) >= 11 is 0. The number of hydrogen-bond acceptors (Lipinski definition) is 2. The van der Waals surface area contributed by atoms with Crippen molar-refractivity contribution in [1.82, 2.24) is 4.57 Å². The van der Waals surface area contributed by atoms with E-state index in [1.54, 1.807) is 4.57 Å². The summed E-state index contributed by atoms with van der Waals surface area (Å²) in [6.45, 7) is 14.4. The fourth-order valence-electron chi connectivity index (χ4n) is 3.09. The monoisotopic (exact) mass is 315 g/mol. The van der Waals surface area contributed by atoms with Crippen LogP contribution >= 0.6 is 0 Å². The average molecular weight is 315 g/mol. The van der Waals surface area contributed by atoms with Crippen LogP contribution in [0.2, 0.25) is 0 Å². The van der Waals surface area contributed by atoms with Crippen molar-refractivity contribution in [2.75, 3.05) is 0 Å². The second-order valence-electron chi connectivity index (χ2n) is 8.25. The highest BCUT2D eigenvalue weighted by Gasteiger charge is 2.36. The molecule has 3 nitrogen and oxygen atoms in total. The number of aryl methyl sites for hydroxylation is 1. The van der Waals surface area contributed by atoms with Crippen molar-refractivity contribution in [2.24, 2.45) is 0 Å².